The molecule has 14 heavy (non-hydrogen) atoms. The van der Waals surface area contributed by atoms with Crippen LogP contribution in [0.4, 0.5) is 13.2 Å². The molecule has 0 aromatic heterocycles. The van der Waals surface area contributed by atoms with E-state index in [2.05, 4.69) is 0 Å². The van der Waals surface area contributed by atoms with E-state index in [1.165, 1.54) is 19.1 Å². The van der Waals surface area contributed by atoms with Gasteiger partial charge in [-0.2, -0.15) is 0 Å². The minimum absolute atomic E-state index is 0.00838. The van der Waals surface area contributed by atoms with Gasteiger partial charge in [-0.05, 0) is 25.1 Å². The Kier molecular flexibility index (Phi) is 3.16. The molecular formula is C10H12F3N. The van der Waals surface area contributed by atoms with E-state index in [9.17, 15) is 13.2 Å². The number of alkyl halides is 2. The van der Waals surface area contributed by atoms with Gasteiger partial charge in [0.2, 0.25) is 0 Å². The fourth-order valence-corrected chi connectivity index (χ4v) is 1.32. The highest BCUT2D eigenvalue weighted by Crippen LogP contribution is 2.33. The third-order valence-electron chi connectivity index (χ3n) is 2.12. The van der Waals surface area contributed by atoms with Gasteiger partial charge in [-0.1, -0.05) is 12.1 Å². The van der Waals surface area contributed by atoms with Gasteiger partial charge in [0.15, 0.2) is 0 Å². The monoisotopic (exact) mass is 203 g/mol. The van der Waals surface area contributed by atoms with Gasteiger partial charge < -0.3 is 5.73 Å². The Bertz CT molecular complexity index is 323. The highest BCUT2D eigenvalue weighted by Gasteiger charge is 2.32. The second kappa shape index (κ2) is 4.00. The van der Waals surface area contributed by atoms with Crippen molar-refractivity contribution in [1.82, 2.24) is 0 Å². The van der Waals surface area contributed by atoms with E-state index in [4.69, 9.17) is 5.73 Å². The summed E-state index contributed by atoms with van der Waals surface area (Å²) in [5.74, 6) is -3.65. The first-order chi connectivity index (χ1) is 6.49. The maximum atomic E-state index is 13.4. The van der Waals surface area contributed by atoms with Crippen molar-refractivity contribution >= 4 is 0 Å². The first kappa shape index (κ1) is 11.0. The molecule has 0 fully saturated rings. The van der Waals surface area contributed by atoms with Crippen molar-refractivity contribution in [3.05, 3.63) is 35.1 Å². The number of hydrogen-bond acceptors (Lipinski definition) is 1. The zero-order valence-electron chi connectivity index (χ0n) is 7.86. The molecular weight excluding hydrogens is 191 g/mol. The summed E-state index contributed by atoms with van der Waals surface area (Å²) in [5, 5.41) is 0. The van der Waals surface area contributed by atoms with E-state index in [1.54, 1.807) is 0 Å². The molecule has 0 atom stereocenters. The van der Waals surface area contributed by atoms with Gasteiger partial charge in [-0.3, -0.25) is 0 Å². The molecule has 0 bridgehead atoms. The van der Waals surface area contributed by atoms with Gasteiger partial charge in [-0.15, -0.1) is 0 Å². The van der Waals surface area contributed by atoms with Crippen LogP contribution in [0, 0.1) is 12.7 Å². The number of benzene rings is 1. The summed E-state index contributed by atoms with van der Waals surface area (Å²) in [6.07, 6.45) is -0.461. The fraction of sp³-hybridized carbons (Fsp3) is 0.400. The third-order valence-corrected chi connectivity index (χ3v) is 2.12. The van der Waals surface area contributed by atoms with Crippen molar-refractivity contribution in [1.29, 1.82) is 0 Å². The van der Waals surface area contributed by atoms with Crippen molar-refractivity contribution in [3.63, 3.8) is 0 Å². The van der Waals surface area contributed by atoms with Crippen LogP contribution in [-0.4, -0.2) is 6.54 Å². The molecule has 4 heteroatoms. The molecule has 1 aromatic rings. The molecule has 0 unspecified atom stereocenters. The summed E-state index contributed by atoms with van der Waals surface area (Å²) in [4.78, 5) is 0. The molecule has 1 nitrogen and oxygen atoms in total. The molecule has 0 saturated carbocycles. The number of nitrogens with two attached hydrogens (primary N) is 1. The lowest BCUT2D eigenvalue weighted by atomic mass is 10.00. The topological polar surface area (TPSA) is 26.0 Å². The van der Waals surface area contributed by atoms with Gasteiger partial charge in [0.1, 0.15) is 5.82 Å². The predicted octanol–water partition coefficient (Wildman–Crippen LogP) is 2.57. The van der Waals surface area contributed by atoms with Crippen LogP contribution >= 0.6 is 0 Å². The summed E-state index contributed by atoms with van der Waals surface area (Å²) in [6, 6.07) is 3.67. The van der Waals surface area contributed by atoms with Crippen LogP contribution in [0.3, 0.4) is 0 Å². The van der Waals surface area contributed by atoms with E-state index in [1.807, 2.05) is 0 Å². The molecule has 0 spiro atoms. The van der Waals surface area contributed by atoms with Crippen molar-refractivity contribution < 1.29 is 13.2 Å². The summed E-state index contributed by atoms with van der Waals surface area (Å²) in [7, 11) is 0. The lowest BCUT2D eigenvalue weighted by Gasteiger charge is -2.18. The Balaban J connectivity index is 3.12. The lowest BCUT2D eigenvalue weighted by Crippen LogP contribution is -2.20. The maximum Gasteiger partial charge on any atom is 0.274 e. The van der Waals surface area contributed by atoms with Crippen LogP contribution in [0.1, 0.15) is 17.5 Å². The molecule has 0 heterocycles. The Hall–Kier alpha value is -1.03. The van der Waals surface area contributed by atoms with Gasteiger partial charge in [0.25, 0.3) is 5.92 Å². The summed E-state index contributed by atoms with van der Waals surface area (Å²) >= 11 is 0. The molecule has 0 amide bonds. The van der Waals surface area contributed by atoms with E-state index in [-0.39, 0.29) is 17.7 Å². The largest absolute Gasteiger partial charge is 0.330 e. The zero-order valence-corrected chi connectivity index (χ0v) is 7.86. The summed E-state index contributed by atoms with van der Waals surface area (Å²) in [5.41, 5.74) is 4.78. The molecule has 0 saturated heterocycles. The van der Waals surface area contributed by atoms with Crippen LogP contribution in [0.25, 0.3) is 0 Å². The van der Waals surface area contributed by atoms with Gasteiger partial charge in [0, 0.05) is 12.0 Å². The predicted molar refractivity (Wildman–Crippen MR) is 48.7 cm³/mol. The molecule has 1 rings (SSSR count). The van der Waals surface area contributed by atoms with Crippen molar-refractivity contribution in [2.45, 2.75) is 19.3 Å². The Morgan fingerprint density at radius 1 is 1.36 bits per heavy atom. The van der Waals surface area contributed by atoms with Crippen molar-refractivity contribution in [2.24, 2.45) is 5.73 Å². The van der Waals surface area contributed by atoms with E-state index in [0.29, 0.717) is 0 Å². The first-order valence-electron chi connectivity index (χ1n) is 4.32. The molecule has 0 radical (unpaired) electrons. The number of hydrogen-bond donors (Lipinski definition) is 1. The first-order valence-corrected chi connectivity index (χ1v) is 4.32. The van der Waals surface area contributed by atoms with Crippen LogP contribution in [0.5, 0.6) is 0 Å². The minimum Gasteiger partial charge on any atom is -0.330 e. The molecule has 0 aliphatic heterocycles. The zero-order chi connectivity index (χ0) is 10.8. The van der Waals surface area contributed by atoms with Crippen molar-refractivity contribution in [3.8, 4) is 0 Å². The highest BCUT2D eigenvalue weighted by atomic mass is 19.3. The Labute approximate surface area is 80.7 Å². The quantitative estimate of drug-likeness (QED) is 0.802. The molecule has 0 aliphatic carbocycles. The van der Waals surface area contributed by atoms with Gasteiger partial charge in [-0.25, -0.2) is 13.2 Å². The summed E-state index contributed by atoms with van der Waals surface area (Å²) in [6.45, 7) is 1.22. The fourth-order valence-electron chi connectivity index (χ4n) is 1.32. The molecule has 2 N–H and O–H groups in total. The smallest absolute Gasteiger partial charge is 0.274 e. The standard InChI is InChI=1S/C10H12F3N/c1-7-8(3-2-4-9(7)11)10(12,13)5-6-14/h2-4H,5-6,14H2,1H3. The minimum atomic E-state index is -3.04. The summed E-state index contributed by atoms with van der Waals surface area (Å²) < 4.78 is 39.7. The van der Waals surface area contributed by atoms with Crippen LogP contribution in [0.15, 0.2) is 18.2 Å². The molecule has 0 aliphatic rings. The number of halogens is 3. The lowest BCUT2D eigenvalue weighted by molar-refractivity contribution is -0.0116. The average Bonchev–Trinajstić information content (AvgIpc) is 2.09. The van der Waals surface area contributed by atoms with Gasteiger partial charge >= 0.3 is 0 Å². The van der Waals surface area contributed by atoms with Crippen LogP contribution < -0.4 is 5.73 Å². The van der Waals surface area contributed by atoms with E-state index in [0.717, 1.165) is 6.07 Å². The van der Waals surface area contributed by atoms with E-state index >= 15 is 0 Å². The normalized spacial score (nSPS) is 11.8. The Morgan fingerprint density at radius 2 is 2.00 bits per heavy atom. The number of rotatable bonds is 3. The molecule has 1 aromatic carbocycles. The van der Waals surface area contributed by atoms with Crippen LogP contribution in [-0.2, 0) is 5.92 Å². The average molecular weight is 203 g/mol. The van der Waals surface area contributed by atoms with Gasteiger partial charge in [0.05, 0.1) is 0 Å². The van der Waals surface area contributed by atoms with E-state index < -0.39 is 18.2 Å². The maximum absolute atomic E-state index is 13.4. The van der Waals surface area contributed by atoms with Crippen molar-refractivity contribution in [2.75, 3.05) is 6.54 Å². The second-order valence-corrected chi connectivity index (χ2v) is 3.16. The second-order valence-electron chi connectivity index (χ2n) is 3.16. The highest BCUT2D eigenvalue weighted by molar-refractivity contribution is 5.30. The van der Waals surface area contributed by atoms with Crippen LogP contribution in [0.2, 0.25) is 0 Å². The SMILES string of the molecule is Cc1c(F)cccc1C(F)(F)CCN. The Morgan fingerprint density at radius 3 is 2.57 bits per heavy atom. The third kappa shape index (κ3) is 2.07. The molecule has 78 valence electrons.